The van der Waals surface area contributed by atoms with Gasteiger partial charge >= 0.3 is 0 Å². The summed E-state index contributed by atoms with van der Waals surface area (Å²) in [6.07, 6.45) is 0. The summed E-state index contributed by atoms with van der Waals surface area (Å²) in [4.78, 5) is 2.34. The molecule has 106 valence electrons. The van der Waals surface area contributed by atoms with E-state index >= 15 is 0 Å². The van der Waals surface area contributed by atoms with Gasteiger partial charge in [0, 0.05) is 24.2 Å². The standard InChI is InChI=1S/C18H21N.ClH/c1-14(2)12-19(13-15(3)4)18-11-7-9-16-8-5-6-10-17(16)18;/h5-11H,1,3,12-13H2,2,4H3;1H. The molecule has 0 bridgehead atoms. The van der Waals surface area contributed by atoms with Gasteiger partial charge in [0.2, 0.25) is 0 Å². The van der Waals surface area contributed by atoms with Gasteiger partial charge in [-0.3, -0.25) is 0 Å². The van der Waals surface area contributed by atoms with E-state index in [9.17, 15) is 0 Å². The summed E-state index contributed by atoms with van der Waals surface area (Å²) in [7, 11) is 0. The number of anilines is 1. The summed E-state index contributed by atoms with van der Waals surface area (Å²) in [6.45, 7) is 13.9. The van der Waals surface area contributed by atoms with Gasteiger partial charge in [-0.2, -0.15) is 0 Å². The summed E-state index contributed by atoms with van der Waals surface area (Å²) >= 11 is 0. The molecule has 0 N–H and O–H groups in total. The highest BCUT2D eigenvalue weighted by atomic mass is 35.5. The first kappa shape index (κ1) is 16.3. The van der Waals surface area contributed by atoms with E-state index in [0.29, 0.717) is 0 Å². The molecule has 0 aromatic heterocycles. The maximum absolute atomic E-state index is 4.04. The summed E-state index contributed by atoms with van der Waals surface area (Å²) < 4.78 is 0. The Morgan fingerprint density at radius 1 is 0.900 bits per heavy atom. The maximum atomic E-state index is 4.04. The van der Waals surface area contributed by atoms with Crippen molar-refractivity contribution in [2.24, 2.45) is 0 Å². The highest BCUT2D eigenvalue weighted by Crippen LogP contribution is 2.27. The van der Waals surface area contributed by atoms with Crippen LogP contribution in [0, 0.1) is 0 Å². The second-order valence-corrected chi connectivity index (χ2v) is 5.27. The molecule has 0 saturated carbocycles. The van der Waals surface area contributed by atoms with Gasteiger partial charge in [-0.25, -0.2) is 0 Å². The van der Waals surface area contributed by atoms with E-state index in [0.717, 1.165) is 24.2 Å². The normalized spacial score (nSPS) is 9.90. The Balaban J connectivity index is 0.00000200. The molecule has 0 aliphatic carbocycles. The minimum atomic E-state index is 0. The molecule has 0 fully saturated rings. The third-order valence-electron chi connectivity index (χ3n) is 3.03. The lowest BCUT2D eigenvalue weighted by atomic mass is 10.1. The number of halogens is 1. The van der Waals surface area contributed by atoms with Crippen molar-refractivity contribution in [3.05, 3.63) is 66.8 Å². The predicted molar refractivity (Wildman–Crippen MR) is 93.0 cm³/mol. The van der Waals surface area contributed by atoms with Crippen molar-refractivity contribution >= 4 is 28.9 Å². The molecule has 0 amide bonds. The SMILES string of the molecule is C=C(C)CN(CC(=C)C)c1cccc2ccccc12.Cl. The van der Waals surface area contributed by atoms with Crippen LogP contribution in [0.2, 0.25) is 0 Å². The minimum absolute atomic E-state index is 0. The van der Waals surface area contributed by atoms with Crippen molar-refractivity contribution in [3.63, 3.8) is 0 Å². The molecule has 0 atom stereocenters. The molecule has 2 rings (SSSR count). The Hall–Kier alpha value is -1.73. The quantitative estimate of drug-likeness (QED) is 0.682. The maximum Gasteiger partial charge on any atom is 0.0451 e. The number of nitrogens with zero attached hydrogens (tertiary/aromatic N) is 1. The third kappa shape index (κ3) is 3.88. The van der Waals surface area contributed by atoms with Crippen molar-refractivity contribution in [1.29, 1.82) is 0 Å². The zero-order valence-electron chi connectivity index (χ0n) is 12.2. The lowest BCUT2D eigenvalue weighted by molar-refractivity contribution is 0.899. The van der Waals surface area contributed by atoms with E-state index in [1.807, 2.05) is 0 Å². The van der Waals surface area contributed by atoms with Gasteiger partial charge in [0.05, 0.1) is 0 Å². The molecule has 0 radical (unpaired) electrons. The van der Waals surface area contributed by atoms with Gasteiger partial charge in [-0.05, 0) is 25.3 Å². The molecule has 20 heavy (non-hydrogen) atoms. The van der Waals surface area contributed by atoms with Crippen LogP contribution in [-0.2, 0) is 0 Å². The molecule has 0 aliphatic heterocycles. The molecule has 0 saturated heterocycles. The van der Waals surface area contributed by atoms with Crippen LogP contribution in [0.15, 0.2) is 66.8 Å². The van der Waals surface area contributed by atoms with E-state index in [-0.39, 0.29) is 12.4 Å². The Labute approximate surface area is 128 Å². The highest BCUT2D eigenvalue weighted by molar-refractivity contribution is 5.94. The highest BCUT2D eigenvalue weighted by Gasteiger charge is 2.10. The molecule has 0 aliphatic rings. The minimum Gasteiger partial charge on any atom is -0.363 e. The van der Waals surface area contributed by atoms with Gasteiger partial charge in [-0.15, -0.1) is 12.4 Å². The number of fused-ring (bicyclic) bond motifs is 1. The van der Waals surface area contributed by atoms with E-state index in [1.54, 1.807) is 0 Å². The summed E-state index contributed by atoms with van der Waals surface area (Å²) in [5.74, 6) is 0. The van der Waals surface area contributed by atoms with Crippen LogP contribution in [-0.4, -0.2) is 13.1 Å². The van der Waals surface area contributed by atoms with Gasteiger partial charge < -0.3 is 4.90 Å². The van der Waals surface area contributed by atoms with Crippen LogP contribution in [0.1, 0.15) is 13.8 Å². The Kier molecular flexibility index (Phi) is 5.84. The Bertz CT molecular complexity index is 594. The fourth-order valence-electron chi connectivity index (χ4n) is 2.36. The van der Waals surface area contributed by atoms with Crippen LogP contribution < -0.4 is 4.90 Å². The second kappa shape index (κ2) is 7.16. The van der Waals surface area contributed by atoms with E-state index in [4.69, 9.17) is 0 Å². The molecule has 2 heteroatoms. The number of hydrogen-bond donors (Lipinski definition) is 0. The topological polar surface area (TPSA) is 3.24 Å². The summed E-state index contributed by atoms with van der Waals surface area (Å²) in [5.41, 5.74) is 3.58. The first-order valence-electron chi connectivity index (χ1n) is 6.59. The van der Waals surface area contributed by atoms with Gasteiger partial charge in [-0.1, -0.05) is 60.7 Å². The average molecular weight is 288 g/mol. The Morgan fingerprint density at radius 2 is 1.45 bits per heavy atom. The molecule has 0 heterocycles. The van der Waals surface area contributed by atoms with E-state index < -0.39 is 0 Å². The van der Waals surface area contributed by atoms with Gasteiger partial charge in [0.15, 0.2) is 0 Å². The molecule has 0 spiro atoms. The smallest absolute Gasteiger partial charge is 0.0451 e. The van der Waals surface area contributed by atoms with Crippen molar-refractivity contribution in [3.8, 4) is 0 Å². The predicted octanol–water partition coefficient (Wildman–Crippen LogP) is 5.22. The summed E-state index contributed by atoms with van der Waals surface area (Å²) in [5, 5.41) is 2.56. The number of benzene rings is 2. The van der Waals surface area contributed by atoms with Crippen LogP contribution in [0.3, 0.4) is 0 Å². The largest absolute Gasteiger partial charge is 0.363 e. The molecule has 2 aromatic carbocycles. The lowest BCUT2D eigenvalue weighted by Crippen LogP contribution is -2.26. The number of rotatable bonds is 5. The van der Waals surface area contributed by atoms with E-state index in [2.05, 4.69) is 74.4 Å². The Morgan fingerprint density at radius 3 is 2.05 bits per heavy atom. The molecule has 0 unspecified atom stereocenters. The first-order valence-corrected chi connectivity index (χ1v) is 6.59. The molecule has 1 nitrogen and oxygen atoms in total. The molecule has 2 aromatic rings. The zero-order chi connectivity index (χ0) is 13.8. The fraction of sp³-hybridized carbons (Fsp3) is 0.222. The van der Waals surface area contributed by atoms with Crippen molar-refractivity contribution in [2.75, 3.05) is 18.0 Å². The molecular formula is C18H22ClN. The first-order chi connectivity index (χ1) is 9.08. The van der Waals surface area contributed by atoms with Crippen LogP contribution in [0.4, 0.5) is 5.69 Å². The van der Waals surface area contributed by atoms with Crippen LogP contribution in [0.25, 0.3) is 10.8 Å². The summed E-state index contributed by atoms with van der Waals surface area (Å²) in [6, 6.07) is 14.9. The zero-order valence-corrected chi connectivity index (χ0v) is 13.0. The van der Waals surface area contributed by atoms with Gasteiger partial charge in [0.25, 0.3) is 0 Å². The van der Waals surface area contributed by atoms with Crippen LogP contribution >= 0.6 is 12.4 Å². The average Bonchev–Trinajstić information content (AvgIpc) is 2.36. The second-order valence-electron chi connectivity index (χ2n) is 5.27. The van der Waals surface area contributed by atoms with Gasteiger partial charge in [0.1, 0.15) is 0 Å². The monoisotopic (exact) mass is 287 g/mol. The number of hydrogen-bond acceptors (Lipinski definition) is 1. The third-order valence-corrected chi connectivity index (χ3v) is 3.03. The van der Waals surface area contributed by atoms with Crippen LogP contribution in [0.5, 0.6) is 0 Å². The van der Waals surface area contributed by atoms with Crippen molar-refractivity contribution in [1.82, 2.24) is 0 Å². The van der Waals surface area contributed by atoms with Crippen molar-refractivity contribution < 1.29 is 0 Å². The fourth-order valence-corrected chi connectivity index (χ4v) is 2.36. The van der Waals surface area contributed by atoms with E-state index in [1.165, 1.54) is 16.5 Å². The van der Waals surface area contributed by atoms with Crippen molar-refractivity contribution in [2.45, 2.75) is 13.8 Å². The molecular weight excluding hydrogens is 266 g/mol. The lowest BCUT2D eigenvalue weighted by Gasteiger charge is -2.26.